The Hall–Kier alpha value is -1.85. The molecule has 0 aromatic carbocycles. The van der Waals surface area contributed by atoms with E-state index in [-0.39, 0.29) is 0 Å². The van der Waals surface area contributed by atoms with E-state index in [0.717, 1.165) is 0 Å². The van der Waals surface area contributed by atoms with Crippen molar-refractivity contribution in [3.8, 4) is 0 Å². The van der Waals surface area contributed by atoms with Crippen LogP contribution in [-0.2, 0) is 14.1 Å². The quantitative estimate of drug-likeness (QED) is 0.600. The number of nitrogens with zero attached hydrogens (tertiary/aromatic N) is 3. The molecule has 0 bridgehead atoms. The second-order valence-electron chi connectivity index (χ2n) is 3.21. The molecule has 0 saturated carbocycles. The molecule has 0 aliphatic heterocycles. The van der Waals surface area contributed by atoms with Gasteiger partial charge in [0.15, 0.2) is 5.52 Å². The molecule has 0 aliphatic rings. The van der Waals surface area contributed by atoms with E-state index in [1.54, 1.807) is 25.6 Å². The third kappa shape index (κ3) is 0.935. The lowest BCUT2D eigenvalue weighted by molar-refractivity contribution is 0.781. The maximum Gasteiger partial charge on any atom is 0.329 e. The van der Waals surface area contributed by atoms with E-state index in [0.29, 0.717) is 17.0 Å². The number of imidazole rings is 1. The van der Waals surface area contributed by atoms with Gasteiger partial charge >= 0.3 is 5.69 Å². The maximum atomic E-state index is 11.4. The van der Waals surface area contributed by atoms with Gasteiger partial charge in [0.2, 0.25) is 0 Å². The van der Waals surface area contributed by atoms with Crippen LogP contribution in [-0.4, -0.2) is 19.1 Å². The number of hydrogen-bond donors (Lipinski definition) is 1. The van der Waals surface area contributed by atoms with Gasteiger partial charge in [-0.25, -0.2) is 9.78 Å². The summed E-state index contributed by atoms with van der Waals surface area (Å²) in [6.45, 7) is 1.78. The standard InChI is InChI=1S/C8H10N4O2/c1-4-9-5-6(13)10-8(14)12(3)7(5)11(4)2/h1-3H3,(H,10,13,14). The monoisotopic (exact) mass is 194 g/mol. The van der Waals surface area contributed by atoms with Crippen molar-refractivity contribution in [2.75, 3.05) is 0 Å². The summed E-state index contributed by atoms with van der Waals surface area (Å²) in [6, 6.07) is 0. The lowest BCUT2D eigenvalue weighted by atomic mass is 10.5. The molecule has 0 spiro atoms. The Bertz CT molecular complexity index is 617. The van der Waals surface area contributed by atoms with Crippen LogP contribution in [0, 0.1) is 6.92 Å². The van der Waals surface area contributed by atoms with Crippen LogP contribution in [0.3, 0.4) is 0 Å². The Labute approximate surface area is 78.8 Å². The van der Waals surface area contributed by atoms with Gasteiger partial charge in [-0.2, -0.15) is 0 Å². The number of hydrogen-bond acceptors (Lipinski definition) is 3. The predicted molar refractivity (Wildman–Crippen MR) is 51.3 cm³/mol. The smallest absolute Gasteiger partial charge is 0.317 e. The van der Waals surface area contributed by atoms with Gasteiger partial charge in [-0.3, -0.25) is 14.3 Å². The molecule has 6 nitrogen and oxygen atoms in total. The molecule has 1 N–H and O–H groups in total. The number of nitrogens with one attached hydrogen (secondary N) is 1. The highest BCUT2D eigenvalue weighted by Gasteiger charge is 2.11. The number of H-pyrrole nitrogens is 1. The lowest BCUT2D eigenvalue weighted by Crippen LogP contribution is -2.29. The van der Waals surface area contributed by atoms with Crippen molar-refractivity contribution in [1.82, 2.24) is 19.1 Å². The molecule has 0 atom stereocenters. The lowest BCUT2D eigenvalue weighted by Gasteiger charge is -2.01. The second-order valence-corrected chi connectivity index (χ2v) is 3.21. The normalized spacial score (nSPS) is 11.1. The largest absolute Gasteiger partial charge is 0.329 e. The number of rotatable bonds is 0. The zero-order valence-electron chi connectivity index (χ0n) is 8.16. The molecular formula is C8H10N4O2. The summed E-state index contributed by atoms with van der Waals surface area (Å²) in [4.78, 5) is 28.9. The van der Waals surface area contributed by atoms with Crippen molar-refractivity contribution in [1.29, 1.82) is 0 Å². The summed E-state index contributed by atoms with van der Waals surface area (Å²) < 4.78 is 3.09. The molecule has 2 aromatic heterocycles. The van der Waals surface area contributed by atoms with Gasteiger partial charge in [-0.05, 0) is 6.92 Å². The van der Waals surface area contributed by atoms with Gasteiger partial charge in [0.05, 0.1) is 0 Å². The van der Waals surface area contributed by atoms with Crippen LogP contribution in [0.2, 0.25) is 0 Å². The Kier molecular flexibility index (Phi) is 1.60. The first-order valence-corrected chi connectivity index (χ1v) is 4.14. The van der Waals surface area contributed by atoms with Gasteiger partial charge in [-0.1, -0.05) is 0 Å². The minimum atomic E-state index is -0.438. The minimum Gasteiger partial charge on any atom is -0.317 e. The third-order valence-corrected chi connectivity index (χ3v) is 2.35. The third-order valence-electron chi connectivity index (χ3n) is 2.35. The van der Waals surface area contributed by atoms with E-state index in [2.05, 4.69) is 9.97 Å². The van der Waals surface area contributed by atoms with Gasteiger partial charge in [0.1, 0.15) is 11.5 Å². The first-order chi connectivity index (χ1) is 6.52. The molecule has 0 unspecified atom stereocenters. The number of aromatic nitrogens is 4. The van der Waals surface area contributed by atoms with Gasteiger partial charge < -0.3 is 4.57 Å². The van der Waals surface area contributed by atoms with Crippen LogP contribution >= 0.6 is 0 Å². The Morgan fingerprint density at radius 1 is 1.21 bits per heavy atom. The van der Waals surface area contributed by atoms with Gasteiger partial charge in [0.25, 0.3) is 5.56 Å². The molecule has 6 heteroatoms. The van der Waals surface area contributed by atoms with Crippen molar-refractivity contribution in [2.24, 2.45) is 14.1 Å². The highest BCUT2D eigenvalue weighted by Crippen LogP contribution is 2.06. The first-order valence-electron chi connectivity index (χ1n) is 4.14. The van der Waals surface area contributed by atoms with Crippen molar-refractivity contribution >= 4 is 11.2 Å². The van der Waals surface area contributed by atoms with E-state index >= 15 is 0 Å². The molecule has 2 aromatic rings. The topological polar surface area (TPSA) is 72.7 Å². The molecule has 0 radical (unpaired) electrons. The predicted octanol–water partition coefficient (Wildman–Crippen LogP) is -0.731. The van der Waals surface area contributed by atoms with Crippen LogP contribution in [0.4, 0.5) is 0 Å². The minimum absolute atomic E-state index is 0.298. The molecule has 2 rings (SSSR count). The highest BCUT2D eigenvalue weighted by atomic mass is 16.2. The van der Waals surface area contributed by atoms with Crippen molar-refractivity contribution in [2.45, 2.75) is 6.92 Å². The van der Waals surface area contributed by atoms with Crippen molar-refractivity contribution < 1.29 is 0 Å². The maximum absolute atomic E-state index is 11.4. The fourth-order valence-electron chi connectivity index (χ4n) is 1.47. The molecule has 14 heavy (non-hydrogen) atoms. The summed E-state index contributed by atoms with van der Waals surface area (Å²) in [5, 5.41) is 0. The van der Waals surface area contributed by atoms with Crippen LogP contribution in [0.15, 0.2) is 9.59 Å². The second kappa shape index (κ2) is 2.57. The van der Waals surface area contributed by atoms with E-state index in [9.17, 15) is 9.59 Å². The summed E-state index contributed by atoms with van der Waals surface area (Å²) in [5.41, 5.74) is -0.0272. The summed E-state index contributed by atoms with van der Waals surface area (Å²) >= 11 is 0. The van der Waals surface area contributed by atoms with Gasteiger partial charge in [-0.15, -0.1) is 0 Å². The zero-order chi connectivity index (χ0) is 10.5. The fourth-order valence-corrected chi connectivity index (χ4v) is 1.47. The molecule has 0 amide bonds. The van der Waals surface area contributed by atoms with Crippen LogP contribution in [0.5, 0.6) is 0 Å². The fraction of sp³-hybridized carbons (Fsp3) is 0.375. The summed E-state index contributed by atoms with van der Waals surface area (Å²) in [7, 11) is 3.37. The van der Waals surface area contributed by atoms with E-state index in [1.165, 1.54) is 4.57 Å². The summed E-state index contributed by atoms with van der Waals surface area (Å²) in [6.07, 6.45) is 0. The summed E-state index contributed by atoms with van der Waals surface area (Å²) in [5.74, 6) is 0.701. The molecule has 74 valence electrons. The van der Waals surface area contributed by atoms with Crippen LogP contribution in [0.1, 0.15) is 5.82 Å². The average Bonchev–Trinajstić information content (AvgIpc) is 2.41. The number of fused-ring (bicyclic) bond motifs is 1. The molecule has 2 heterocycles. The SMILES string of the molecule is Cc1nc2c(=O)[nH]c(=O)n(C)c2n1C. The van der Waals surface area contributed by atoms with Crippen LogP contribution in [0.25, 0.3) is 11.2 Å². The molecular weight excluding hydrogens is 184 g/mol. The highest BCUT2D eigenvalue weighted by molar-refractivity contribution is 5.70. The molecule has 0 fully saturated rings. The first kappa shape index (κ1) is 8.74. The molecule has 0 aliphatic carbocycles. The number of aromatic amines is 1. The Morgan fingerprint density at radius 2 is 1.86 bits per heavy atom. The van der Waals surface area contributed by atoms with Crippen LogP contribution < -0.4 is 11.2 Å². The molecule has 0 saturated heterocycles. The van der Waals surface area contributed by atoms with E-state index in [1.807, 2.05) is 0 Å². The van der Waals surface area contributed by atoms with Crippen molar-refractivity contribution in [3.63, 3.8) is 0 Å². The Morgan fingerprint density at radius 3 is 2.50 bits per heavy atom. The Balaban J connectivity index is 3.19. The van der Waals surface area contributed by atoms with E-state index < -0.39 is 11.2 Å². The number of aryl methyl sites for hydroxylation is 3. The zero-order valence-corrected chi connectivity index (χ0v) is 8.16. The average molecular weight is 194 g/mol. The van der Waals surface area contributed by atoms with Gasteiger partial charge in [0, 0.05) is 14.1 Å². The van der Waals surface area contributed by atoms with Crippen molar-refractivity contribution in [3.05, 3.63) is 26.7 Å². The van der Waals surface area contributed by atoms with E-state index in [4.69, 9.17) is 0 Å².